The topological polar surface area (TPSA) is 41.1 Å². The van der Waals surface area contributed by atoms with Gasteiger partial charge in [-0.15, -0.1) is 0 Å². The van der Waals surface area contributed by atoms with Crippen LogP contribution in [0.25, 0.3) is 0 Å². The summed E-state index contributed by atoms with van der Waals surface area (Å²) in [4.78, 5) is 12.5. The van der Waals surface area contributed by atoms with E-state index in [1.807, 2.05) is 0 Å². The molecule has 2 N–H and O–H groups in total. The summed E-state index contributed by atoms with van der Waals surface area (Å²) < 4.78 is 0. The Labute approximate surface area is 122 Å². The molecule has 4 aliphatic rings. The third-order valence-corrected chi connectivity index (χ3v) is 6.75. The lowest BCUT2D eigenvalue weighted by Crippen LogP contribution is -2.48. The summed E-state index contributed by atoms with van der Waals surface area (Å²) in [5.74, 6) is 4.33. The highest BCUT2D eigenvalue weighted by Crippen LogP contribution is 2.58. The zero-order valence-electron chi connectivity index (χ0n) is 12.6. The van der Waals surface area contributed by atoms with E-state index in [4.69, 9.17) is 0 Å². The summed E-state index contributed by atoms with van der Waals surface area (Å²) in [6, 6.07) is 1.01. The van der Waals surface area contributed by atoms with Crippen molar-refractivity contribution in [1.29, 1.82) is 0 Å². The van der Waals surface area contributed by atoms with Crippen LogP contribution in [0, 0.1) is 29.6 Å². The Morgan fingerprint density at radius 1 is 1.05 bits per heavy atom. The average molecular weight is 276 g/mol. The van der Waals surface area contributed by atoms with Crippen LogP contribution in [0.1, 0.15) is 51.9 Å². The van der Waals surface area contributed by atoms with Crippen molar-refractivity contribution in [3.05, 3.63) is 0 Å². The molecule has 1 saturated heterocycles. The molecule has 1 aliphatic heterocycles. The molecular weight excluding hydrogens is 248 g/mol. The summed E-state index contributed by atoms with van der Waals surface area (Å²) in [6.07, 6.45) is 9.05. The van der Waals surface area contributed by atoms with E-state index in [9.17, 15) is 4.79 Å². The smallest absolute Gasteiger partial charge is 0.223 e. The zero-order valence-corrected chi connectivity index (χ0v) is 12.6. The standard InChI is InChI=1S/C17H28N2O/c1-10-7-11(5-6-18-10)17(20)19-16-9-12-8-15(16)14-4-2-3-13(12)14/h10-16,18H,2-9H2,1H3,(H,19,20)/t10-,11-,12?,13?,14?,15?,16?/m0/s1. The van der Waals surface area contributed by atoms with E-state index in [1.54, 1.807) is 0 Å². The van der Waals surface area contributed by atoms with Crippen molar-refractivity contribution in [2.45, 2.75) is 64.0 Å². The molecule has 3 heteroatoms. The molecular formula is C17H28N2O. The van der Waals surface area contributed by atoms with Gasteiger partial charge in [0.25, 0.3) is 0 Å². The minimum atomic E-state index is 0.254. The van der Waals surface area contributed by atoms with Crippen LogP contribution < -0.4 is 10.6 Å². The minimum absolute atomic E-state index is 0.254. The Morgan fingerprint density at radius 3 is 2.75 bits per heavy atom. The molecule has 20 heavy (non-hydrogen) atoms. The second kappa shape index (κ2) is 5.01. The van der Waals surface area contributed by atoms with E-state index < -0.39 is 0 Å². The molecule has 4 rings (SSSR count). The molecule has 3 saturated carbocycles. The summed E-state index contributed by atoms with van der Waals surface area (Å²) in [5, 5.41) is 6.88. The molecule has 0 radical (unpaired) electrons. The third kappa shape index (κ3) is 2.09. The molecule has 0 spiro atoms. The molecule has 5 unspecified atom stereocenters. The first-order valence-corrected chi connectivity index (χ1v) is 8.76. The van der Waals surface area contributed by atoms with Crippen LogP contribution in [0.2, 0.25) is 0 Å². The van der Waals surface area contributed by atoms with E-state index in [0.717, 1.165) is 43.1 Å². The average Bonchev–Trinajstić information content (AvgIpc) is 3.10. The van der Waals surface area contributed by atoms with Crippen molar-refractivity contribution < 1.29 is 4.79 Å². The Hall–Kier alpha value is -0.570. The van der Waals surface area contributed by atoms with Gasteiger partial charge in [0.1, 0.15) is 0 Å². The Bertz CT molecular complexity index is 396. The van der Waals surface area contributed by atoms with Crippen molar-refractivity contribution in [3.8, 4) is 0 Å². The molecule has 3 aliphatic carbocycles. The van der Waals surface area contributed by atoms with Crippen molar-refractivity contribution in [2.75, 3.05) is 6.54 Å². The van der Waals surface area contributed by atoms with Crippen molar-refractivity contribution in [2.24, 2.45) is 29.6 Å². The lowest BCUT2D eigenvalue weighted by Gasteiger charge is -2.34. The van der Waals surface area contributed by atoms with Gasteiger partial charge in [0.05, 0.1) is 0 Å². The zero-order chi connectivity index (χ0) is 13.7. The lowest BCUT2D eigenvalue weighted by atomic mass is 9.79. The summed E-state index contributed by atoms with van der Waals surface area (Å²) in [6.45, 7) is 3.20. The first-order valence-electron chi connectivity index (χ1n) is 8.76. The molecule has 0 aromatic rings. The maximum Gasteiger partial charge on any atom is 0.223 e. The quantitative estimate of drug-likeness (QED) is 0.812. The van der Waals surface area contributed by atoms with Gasteiger partial charge < -0.3 is 10.6 Å². The SMILES string of the molecule is C[C@H]1C[C@@H](C(=O)NC2CC3CC2C2CCCC32)CCN1. The normalized spacial score (nSPS) is 50.1. The first-order chi connectivity index (χ1) is 9.72. The van der Waals surface area contributed by atoms with E-state index in [0.29, 0.717) is 18.0 Å². The molecule has 0 aromatic heterocycles. The maximum atomic E-state index is 12.5. The molecule has 3 nitrogen and oxygen atoms in total. The summed E-state index contributed by atoms with van der Waals surface area (Å²) in [5.41, 5.74) is 0. The Kier molecular flexibility index (Phi) is 3.29. The highest BCUT2D eigenvalue weighted by atomic mass is 16.2. The number of hydrogen-bond donors (Lipinski definition) is 2. The molecule has 0 aromatic carbocycles. The van der Waals surface area contributed by atoms with Gasteiger partial charge in [-0.1, -0.05) is 6.42 Å². The molecule has 1 heterocycles. The predicted molar refractivity (Wildman–Crippen MR) is 79.2 cm³/mol. The predicted octanol–water partition coefficient (Wildman–Crippen LogP) is 2.32. The Morgan fingerprint density at radius 2 is 1.90 bits per heavy atom. The van der Waals surface area contributed by atoms with Crippen LogP contribution in [0.4, 0.5) is 0 Å². The largest absolute Gasteiger partial charge is 0.353 e. The molecule has 4 fully saturated rings. The maximum absolute atomic E-state index is 12.5. The number of rotatable bonds is 2. The number of piperidine rings is 1. The van der Waals surface area contributed by atoms with Crippen molar-refractivity contribution >= 4 is 5.91 Å². The van der Waals surface area contributed by atoms with Crippen LogP contribution >= 0.6 is 0 Å². The van der Waals surface area contributed by atoms with E-state index in [-0.39, 0.29) is 5.92 Å². The van der Waals surface area contributed by atoms with Crippen LogP contribution in [0.3, 0.4) is 0 Å². The fourth-order valence-electron chi connectivity index (χ4n) is 5.90. The van der Waals surface area contributed by atoms with E-state index in [1.165, 1.54) is 32.1 Å². The minimum Gasteiger partial charge on any atom is -0.353 e. The van der Waals surface area contributed by atoms with Crippen molar-refractivity contribution in [1.82, 2.24) is 10.6 Å². The van der Waals surface area contributed by atoms with Gasteiger partial charge in [-0.3, -0.25) is 4.79 Å². The highest BCUT2D eigenvalue weighted by Gasteiger charge is 2.54. The molecule has 112 valence electrons. The second-order valence-corrected chi connectivity index (χ2v) is 7.85. The molecule has 1 amide bonds. The summed E-state index contributed by atoms with van der Waals surface area (Å²) >= 11 is 0. The fraction of sp³-hybridized carbons (Fsp3) is 0.941. The Balaban J connectivity index is 1.37. The molecule has 2 bridgehead atoms. The van der Waals surface area contributed by atoms with Gasteiger partial charge >= 0.3 is 0 Å². The fourth-order valence-corrected chi connectivity index (χ4v) is 5.90. The van der Waals surface area contributed by atoms with Crippen LogP contribution in [-0.4, -0.2) is 24.5 Å². The highest BCUT2D eigenvalue weighted by molar-refractivity contribution is 5.79. The van der Waals surface area contributed by atoms with Crippen LogP contribution in [0.15, 0.2) is 0 Å². The van der Waals surface area contributed by atoms with Gasteiger partial charge in [-0.05, 0) is 75.7 Å². The first kappa shape index (κ1) is 13.1. The number of fused-ring (bicyclic) bond motifs is 5. The second-order valence-electron chi connectivity index (χ2n) is 7.85. The number of carbonyl (C=O) groups is 1. The van der Waals surface area contributed by atoms with E-state index in [2.05, 4.69) is 17.6 Å². The number of amides is 1. The third-order valence-electron chi connectivity index (χ3n) is 6.75. The number of nitrogens with one attached hydrogen (secondary N) is 2. The van der Waals surface area contributed by atoms with Gasteiger partial charge in [-0.2, -0.15) is 0 Å². The van der Waals surface area contributed by atoms with Gasteiger partial charge in [-0.25, -0.2) is 0 Å². The van der Waals surface area contributed by atoms with Crippen LogP contribution in [-0.2, 0) is 4.79 Å². The number of carbonyl (C=O) groups excluding carboxylic acids is 1. The molecule has 7 atom stereocenters. The summed E-state index contributed by atoms with van der Waals surface area (Å²) in [7, 11) is 0. The van der Waals surface area contributed by atoms with E-state index >= 15 is 0 Å². The van der Waals surface area contributed by atoms with Crippen molar-refractivity contribution in [3.63, 3.8) is 0 Å². The van der Waals surface area contributed by atoms with Crippen LogP contribution in [0.5, 0.6) is 0 Å². The van der Waals surface area contributed by atoms with Gasteiger partial charge in [0, 0.05) is 18.0 Å². The lowest BCUT2D eigenvalue weighted by molar-refractivity contribution is -0.127. The van der Waals surface area contributed by atoms with Gasteiger partial charge in [0.15, 0.2) is 0 Å². The number of hydrogen-bond acceptors (Lipinski definition) is 2. The monoisotopic (exact) mass is 276 g/mol. The van der Waals surface area contributed by atoms with Gasteiger partial charge in [0.2, 0.25) is 5.91 Å².